The van der Waals surface area contributed by atoms with Gasteiger partial charge in [0.2, 0.25) is 0 Å². The van der Waals surface area contributed by atoms with Crippen LogP contribution in [-0.2, 0) is 0 Å². The third-order valence-corrected chi connectivity index (χ3v) is 3.03. The molecule has 2 aromatic rings. The van der Waals surface area contributed by atoms with Crippen LogP contribution in [0.4, 0.5) is 19.0 Å². The highest BCUT2D eigenvalue weighted by molar-refractivity contribution is 5.98. The summed E-state index contributed by atoms with van der Waals surface area (Å²) in [5, 5.41) is 9.84. The van der Waals surface area contributed by atoms with Crippen molar-refractivity contribution in [3.8, 4) is 0 Å². The molecule has 0 fully saturated rings. The van der Waals surface area contributed by atoms with Gasteiger partial charge in [-0.2, -0.15) is 13.2 Å². The molecule has 0 bridgehead atoms. The molecule has 2 rings (SSSR count). The standard InChI is InChI=1S/C14H13F3N2O2/c1-19(7-6-14(15,16)17)12-10(13(20)21)8-9-4-2-3-5-11(9)18-12/h2-5,8H,6-7H2,1H3,(H,20,21). The number of nitrogens with zero attached hydrogens (tertiary/aromatic N) is 2. The first kappa shape index (κ1) is 15.1. The number of carboxylic acid groups (broad SMARTS) is 1. The molecule has 0 atom stereocenters. The molecule has 4 nitrogen and oxygen atoms in total. The maximum atomic E-state index is 12.3. The molecule has 0 aliphatic carbocycles. The number of carboxylic acids is 1. The molecule has 0 aliphatic heterocycles. The molecule has 0 saturated carbocycles. The minimum absolute atomic E-state index is 0.0328. The summed E-state index contributed by atoms with van der Waals surface area (Å²) in [5.74, 6) is -1.19. The van der Waals surface area contributed by atoms with E-state index in [2.05, 4.69) is 4.98 Å². The Hall–Kier alpha value is -2.31. The maximum absolute atomic E-state index is 12.3. The van der Waals surface area contributed by atoms with E-state index < -0.39 is 18.6 Å². The van der Waals surface area contributed by atoms with Crippen molar-refractivity contribution < 1.29 is 23.1 Å². The summed E-state index contributed by atoms with van der Waals surface area (Å²) in [6.07, 6.45) is -5.33. The number of hydrogen-bond donors (Lipinski definition) is 1. The summed E-state index contributed by atoms with van der Waals surface area (Å²) < 4.78 is 36.8. The Morgan fingerprint density at radius 1 is 1.33 bits per heavy atom. The smallest absolute Gasteiger partial charge is 0.390 e. The van der Waals surface area contributed by atoms with Gasteiger partial charge in [-0.1, -0.05) is 18.2 Å². The van der Waals surface area contributed by atoms with Gasteiger partial charge >= 0.3 is 12.1 Å². The molecule has 1 aromatic carbocycles. The second kappa shape index (κ2) is 5.59. The topological polar surface area (TPSA) is 53.4 Å². The van der Waals surface area contributed by atoms with Crippen LogP contribution in [0.3, 0.4) is 0 Å². The predicted octanol–water partition coefficient (Wildman–Crippen LogP) is 3.32. The van der Waals surface area contributed by atoms with Crippen LogP contribution in [0.2, 0.25) is 0 Å². The number of alkyl halides is 3. The molecular formula is C14H13F3N2O2. The van der Waals surface area contributed by atoms with E-state index in [0.717, 1.165) is 0 Å². The lowest BCUT2D eigenvalue weighted by Crippen LogP contribution is -2.26. The summed E-state index contributed by atoms with van der Waals surface area (Å²) in [6, 6.07) is 8.28. The van der Waals surface area contributed by atoms with Crippen LogP contribution in [0, 0.1) is 0 Å². The fourth-order valence-corrected chi connectivity index (χ4v) is 1.95. The van der Waals surface area contributed by atoms with Crippen molar-refractivity contribution in [3.63, 3.8) is 0 Å². The van der Waals surface area contributed by atoms with Crippen LogP contribution in [0.5, 0.6) is 0 Å². The molecular weight excluding hydrogens is 285 g/mol. The number of anilines is 1. The number of aromatic nitrogens is 1. The average Bonchev–Trinajstić information content (AvgIpc) is 2.42. The summed E-state index contributed by atoms with van der Waals surface area (Å²) in [5.41, 5.74) is 0.426. The van der Waals surface area contributed by atoms with Crippen molar-refractivity contribution in [2.75, 3.05) is 18.5 Å². The van der Waals surface area contributed by atoms with E-state index >= 15 is 0 Å². The minimum Gasteiger partial charge on any atom is -0.478 e. The van der Waals surface area contributed by atoms with Gasteiger partial charge in [0.25, 0.3) is 0 Å². The SMILES string of the molecule is CN(CCC(F)(F)F)c1nc2ccccc2cc1C(=O)O. The molecule has 1 N–H and O–H groups in total. The highest BCUT2D eigenvalue weighted by Crippen LogP contribution is 2.25. The van der Waals surface area contributed by atoms with Crippen LogP contribution in [0.1, 0.15) is 16.8 Å². The average molecular weight is 298 g/mol. The lowest BCUT2D eigenvalue weighted by atomic mass is 10.1. The number of rotatable bonds is 4. The third kappa shape index (κ3) is 3.62. The summed E-state index contributed by atoms with van der Waals surface area (Å²) in [6.45, 7) is -0.352. The largest absolute Gasteiger partial charge is 0.478 e. The minimum atomic E-state index is -4.30. The number of aromatic carboxylic acids is 1. The highest BCUT2D eigenvalue weighted by Gasteiger charge is 2.28. The quantitative estimate of drug-likeness (QED) is 0.940. The van der Waals surface area contributed by atoms with Gasteiger partial charge in [0.05, 0.1) is 11.9 Å². The number of halogens is 3. The number of fused-ring (bicyclic) bond motifs is 1. The molecule has 1 aromatic heterocycles. The lowest BCUT2D eigenvalue weighted by Gasteiger charge is -2.21. The molecule has 0 aliphatic rings. The Balaban J connectivity index is 2.40. The van der Waals surface area contributed by atoms with E-state index in [1.54, 1.807) is 24.3 Å². The van der Waals surface area contributed by atoms with Crippen molar-refractivity contribution in [1.29, 1.82) is 0 Å². The van der Waals surface area contributed by atoms with E-state index in [-0.39, 0.29) is 17.9 Å². The van der Waals surface area contributed by atoms with Crippen molar-refractivity contribution in [2.45, 2.75) is 12.6 Å². The Bertz CT molecular complexity index is 671. The second-order valence-electron chi connectivity index (χ2n) is 4.64. The number of benzene rings is 1. The van der Waals surface area contributed by atoms with Crippen LogP contribution >= 0.6 is 0 Å². The number of pyridine rings is 1. The molecule has 0 radical (unpaired) electrons. The molecule has 1 heterocycles. The van der Waals surface area contributed by atoms with Crippen LogP contribution in [0.25, 0.3) is 10.9 Å². The zero-order valence-corrected chi connectivity index (χ0v) is 11.2. The van der Waals surface area contributed by atoms with Gasteiger partial charge in [-0.15, -0.1) is 0 Å². The van der Waals surface area contributed by atoms with Gasteiger partial charge in [-0.05, 0) is 12.1 Å². The van der Waals surface area contributed by atoms with Crippen LogP contribution in [0.15, 0.2) is 30.3 Å². The number of para-hydroxylation sites is 1. The van der Waals surface area contributed by atoms with Crippen molar-refractivity contribution in [1.82, 2.24) is 4.98 Å². The summed E-state index contributed by atoms with van der Waals surface area (Å²) >= 11 is 0. The molecule has 7 heteroatoms. The monoisotopic (exact) mass is 298 g/mol. The van der Waals surface area contributed by atoms with E-state index in [0.29, 0.717) is 10.9 Å². The zero-order valence-electron chi connectivity index (χ0n) is 11.2. The van der Waals surface area contributed by atoms with Gasteiger partial charge in [-0.3, -0.25) is 0 Å². The molecule has 112 valence electrons. The normalized spacial score (nSPS) is 11.6. The van der Waals surface area contributed by atoms with E-state index in [1.807, 2.05) is 0 Å². The second-order valence-corrected chi connectivity index (χ2v) is 4.64. The first-order valence-corrected chi connectivity index (χ1v) is 6.19. The van der Waals surface area contributed by atoms with Crippen molar-refractivity contribution in [2.24, 2.45) is 0 Å². The number of hydrogen-bond acceptors (Lipinski definition) is 3. The fourth-order valence-electron chi connectivity index (χ4n) is 1.95. The molecule has 0 unspecified atom stereocenters. The highest BCUT2D eigenvalue weighted by atomic mass is 19.4. The molecule has 0 saturated heterocycles. The van der Waals surface area contributed by atoms with Crippen LogP contribution in [-0.4, -0.2) is 35.8 Å². The summed E-state index contributed by atoms with van der Waals surface area (Å²) in [4.78, 5) is 16.7. The molecule has 0 amide bonds. The van der Waals surface area contributed by atoms with Crippen LogP contribution < -0.4 is 4.90 Å². The molecule has 0 spiro atoms. The maximum Gasteiger partial charge on any atom is 0.390 e. The Morgan fingerprint density at radius 3 is 2.62 bits per heavy atom. The van der Waals surface area contributed by atoms with Gasteiger partial charge < -0.3 is 10.0 Å². The van der Waals surface area contributed by atoms with E-state index in [4.69, 9.17) is 0 Å². The summed E-state index contributed by atoms with van der Waals surface area (Å²) in [7, 11) is 1.40. The number of carbonyl (C=O) groups is 1. The van der Waals surface area contributed by atoms with Gasteiger partial charge in [0.15, 0.2) is 0 Å². The van der Waals surface area contributed by atoms with E-state index in [9.17, 15) is 23.1 Å². The molecule has 21 heavy (non-hydrogen) atoms. The van der Waals surface area contributed by atoms with E-state index in [1.165, 1.54) is 18.0 Å². The first-order chi connectivity index (χ1) is 9.78. The Morgan fingerprint density at radius 2 is 2.00 bits per heavy atom. The van der Waals surface area contributed by atoms with Gasteiger partial charge in [0.1, 0.15) is 11.4 Å². The zero-order chi connectivity index (χ0) is 15.6. The lowest BCUT2D eigenvalue weighted by molar-refractivity contribution is -0.132. The third-order valence-electron chi connectivity index (χ3n) is 3.03. The predicted molar refractivity (Wildman–Crippen MR) is 72.6 cm³/mol. The van der Waals surface area contributed by atoms with Crippen molar-refractivity contribution in [3.05, 3.63) is 35.9 Å². The van der Waals surface area contributed by atoms with Gasteiger partial charge in [0, 0.05) is 19.0 Å². The van der Waals surface area contributed by atoms with Crippen molar-refractivity contribution >= 4 is 22.7 Å². The fraction of sp³-hybridized carbons (Fsp3) is 0.286. The van der Waals surface area contributed by atoms with Gasteiger partial charge in [-0.25, -0.2) is 9.78 Å². The first-order valence-electron chi connectivity index (χ1n) is 6.19. The Labute approximate surface area is 118 Å². The Kier molecular flexibility index (Phi) is 4.02.